The standard InChI is InChI=1S/C19H16O7/c20-12-4-2-1-3-9(12)15(10-5-7-13(21)18(25)16(10)23)11-6-8-14(22)19(26)17(11)24/h1-8,15,20-26H. The van der Waals surface area contributed by atoms with Gasteiger partial charge in [0.15, 0.2) is 23.0 Å². The highest BCUT2D eigenvalue weighted by molar-refractivity contribution is 5.64. The third kappa shape index (κ3) is 2.65. The molecule has 0 aliphatic carbocycles. The summed E-state index contributed by atoms with van der Waals surface area (Å²) in [6, 6.07) is 11.1. The minimum Gasteiger partial charge on any atom is -0.508 e. The summed E-state index contributed by atoms with van der Waals surface area (Å²) in [5, 5.41) is 69.6. The second-order valence-corrected chi connectivity index (χ2v) is 5.73. The van der Waals surface area contributed by atoms with Crippen LogP contribution in [0.1, 0.15) is 22.6 Å². The van der Waals surface area contributed by atoms with Crippen LogP contribution in [0.15, 0.2) is 48.5 Å². The van der Waals surface area contributed by atoms with Crippen molar-refractivity contribution in [1.29, 1.82) is 0 Å². The molecule has 0 fully saturated rings. The van der Waals surface area contributed by atoms with E-state index in [1.54, 1.807) is 12.1 Å². The van der Waals surface area contributed by atoms with Gasteiger partial charge in [-0.05, 0) is 18.2 Å². The number of benzene rings is 3. The molecule has 134 valence electrons. The zero-order valence-corrected chi connectivity index (χ0v) is 13.3. The van der Waals surface area contributed by atoms with Gasteiger partial charge in [0.05, 0.1) is 0 Å². The minimum atomic E-state index is -1.02. The van der Waals surface area contributed by atoms with Crippen molar-refractivity contribution < 1.29 is 35.7 Å². The van der Waals surface area contributed by atoms with Gasteiger partial charge in [-0.15, -0.1) is 0 Å². The van der Waals surface area contributed by atoms with Crippen molar-refractivity contribution in [3.63, 3.8) is 0 Å². The fraction of sp³-hybridized carbons (Fsp3) is 0.0526. The zero-order chi connectivity index (χ0) is 19.0. The van der Waals surface area contributed by atoms with Gasteiger partial charge < -0.3 is 35.7 Å². The maximum atomic E-state index is 10.3. The number of hydrogen-bond donors (Lipinski definition) is 7. The van der Waals surface area contributed by atoms with Crippen LogP contribution in [0.3, 0.4) is 0 Å². The van der Waals surface area contributed by atoms with Gasteiger partial charge in [-0.25, -0.2) is 0 Å². The molecule has 3 aromatic rings. The second kappa shape index (κ2) is 6.29. The Balaban J connectivity index is 2.34. The fourth-order valence-electron chi connectivity index (χ4n) is 2.87. The average Bonchev–Trinajstić information content (AvgIpc) is 2.62. The lowest BCUT2D eigenvalue weighted by atomic mass is 9.83. The Morgan fingerprint density at radius 2 is 0.885 bits per heavy atom. The minimum absolute atomic E-state index is 0.0576. The molecule has 3 aromatic carbocycles. The second-order valence-electron chi connectivity index (χ2n) is 5.73. The van der Waals surface area contributed by atoms with Crippen molar-refractivity contribution >= 4 is 0 Å². The van der Waals surface area contributed by atoms with E-state index in [0.29, 0.717) is 0 Å². The molecule has 0 bridgehead atoms. The van der Waals surface area contributed by atoms with Crippen LogP contribution < -0.4 is 0 Å². The summed E-state index contributed by atoms with van der Waals surface area (Å²) in [6.07, 6.45) is 0. The van der Waals surface area contributed by atoms with Crippen LogP contribution in [0, 0.1) is 0 Å². The number of phenolic OH excluding ortho intramolecular Hbond substituents is 7. The van der Waals surface area contributed by atoms with Crippen molar-refractivity contribution in [3.05, 3.63) is 65.2 Å². The van der Waals surface area contributed by atoms with Gasteiger partial charge >= 0.3 is 0 Å². The lowest BCUT2D eigenvalue weighted by molar-refractivity contribution is 0.360. The van der Waals surface area contributed by atoms with Gasteiger partial charge in [0.25, 0.3) is 0 Å². The van der Waals surface area contributed by atoms with Crippen LogP contribution in [0.2, 0.25) is 0 Å². The summed E-state index contributed by atoms with van der Waals surface area (Å²) >= 11 is 0. The Labute approximate surface area is 147 Å². The molecule has 0 heterocycles. The predicted molar refractivity (Wildman–Crippen MR) is 91.9 cm³/mol. The smallest absolute Gasteiger partial charge is 0.200 e. The molecule has 0 spiro atoms. The van der Waals surface area contributed by atoms with E-state index in [0.717, 1.165) is 12.1 Å². The number of phenols is 7. The van der Waals surface area contributed by atoms with E-state index in [-0.39, 0.29) is 22.4 Å². The number of aromatic hydroxyl groups is 7. The van der Waals surface area contributed by atoms with Crippen LogP contribution in [0.25, 0.3) is 0 Å². The maximum Gasteiger partial charge on any atom is 0.200 e. The summed E-state index contributed by atoms with van der Waals surface area (Å²) in [5.74, 6) is -5.07. The van der Waals surface area contributed by atoms with E-state index in [9.17, 15) is 35.7 Å². The van der Waals surface area contributed by atoms with Crippen LogP contribution in [-0.4, -0.2) is 35.7 Å². The van der Waals surface area contributed by atoms with E-state index < -0.39 is 40.4 Å². The van der Waals surface area contributed by atoms with Crippen LogP contribution >= 0.6 is 0 Å². The summed E-state index contributed by atoms with van der Waals surface area (Å²) in [6.45, 7) is 0. The number of rotatable bonds is 3. The van der Waals surface area contributed by atoms with Gasteiger partial charge in [0.1, 0.15) is 5.75 Å². The van der Waals surface area contributed by atoms with E-state index in [2.05, 4.69) is 0 Å². The Kier molecular flexibility index (Phi) is 4.13. The molecular formula is C19H16O7. The molecular weight excluding hydrogens is 340 g/mol. The third-order valence-electron chi connectivity index (χ3n) is 4.19. The predicted octanol–water partition coefficient (Wildman–Crippen LogP) is 2.81. The molecule has 0 saturated heterocycles. The largest absolute Gasteiger partial charge is 0.508 e. The molecule has 26 heavy (non-hydrogen) atoms. The number of hydrogen-bond acceptors (Lipinski definition) is 7. The monoisotopic (exact) mass is 356 g/mol. The van der Waals surface area contributed by atoms with Crippen molar-refractivity contribution in [2.75, 3.05) is 0 Å². The fourth-order valence-corrected chi connectivity index (χ4v) is 2.87. The van der Waals surface area contributed by atoms with Gasteiger partial charge in [-0.1, -0.05) is 30.3 Å². The van der Waals surface area contributed by atoms with E-state index >= 15 is 0 Å². The Bertz CT molecular complexity index is 924. The summed E-state index contributed by atoms with van der Waals surface area (Å²) in [5.41, 5.74) is 0.373. The van der Waals surface area contributed by atoms with Gasteiger partial charge in [-0.2, -0.15) is 0 Å². The molecule has 7 nitrogen and oxygen atoms in total. The first-order chi connectivity index (χ1) is 12.3. The summed E-state index contributed by atoms with van der Waals surface area (Å²) in [4.78, 5) is 0. The Hall–Kier alpha value is -3.74. The molecule has 7 N–H and O–H groups in total. The van der Waals surface area contributed by atoms with E-state index in [4.69, 9.17) is 0 Å². The normalized spacial score (nSPS) is 11.0. The lowest BCUT2D eigenvalue weighted by Gasteiger charge is -2.22. The van der Waals surface area contributed by atoms with Crippen molar-refractivity contribution in [3.8, 4) is 40.2 Å². The first kappa shape index (κ1) is 17.1. The van der Waals surface area contributed by atoms with Crippen LogP contribution in [-0.2, 0) is 0 Å². The lowest BCUT2D eigenvalue weighted by Crippen LogP contribution is -2.05. The van der Waals surface area contributed by atoms with Crippen LogP contribution in [0.4, 0.5) is 0 Å². The highest BCUT2D eigenvalue weighted by atomic mass is 16.3. The molecule has 0 radical (unpaired) electrons. The van der Waals surface area contributed by atoms with Gasteiger partial charge in [-0.3, -0.25) is 0 Å². The highest BCUT2D eigenvalue weighted by Gasteiger charge is 2.28. The molecule has 0 atom stereocenters. The average molecular weight is 356 g/mol. The summed E-state index contributed by atoms with van der Waals surface area (Å²) < 4.78 is 0. The van der Waals surface area contributed by atoms with Gasteiger partial charge in [0.2, 0.25) is 11.5 Å². The maximum absolute atomic E-state index is 10.3. The molecule has 0 unspecified atom stereocenters. The quantitative estimate of drug-likeness (QED) is 0.282. The Morgan fingerprint density at radius 1 is 0.423 bits per heavy atom. The van der Waals surface area contributed by atoms with Crippen LogP contribution in [0.5, 0.6) is 40.2 Å². The Morgan fingerprint density at radius 3 is 1.35 bits per heavy atom. The first-order valence-corrected chi connectivity index (χ1v) is 7.58. The number of para-hydroxylation sites is 1. The molecule has 0 aliphatic rings. The molecule has 0 aliphatic heterocycles. The molecule has 0 saturated carbocycles. The van der Waals surface area contributed by atoms with E-state index in [1.807, 2.05) is 0 Å². The molecule has 0 aromatic heterocycles. The van der Waals surface area contributed by atoms with E-state index in [1.165, 1.54) is 24.3 Å². The third-order valence-corrected chi connectivity index (χ3v) is 4.19. The van der Waals surface area contributed by atoms with Gasteiger partial charge in [0, 0.05) is 22.6 Å². The highest BCUT2D eigenvalue weighted by Crippen LogP contribution is 2.50. The SMILES string of the molecule is Oc1ccccc1C(c1ccc(O)c(O)c1O)c1ccc(O)c(O)c1O. The van der Waals surface area contributed by atoms with Crippen molar-refractivity contribution in [1.82, 2.24) is 0 Å². The molecule has 3 rings (SSSR count). The summed E-state index contributed by atoms with van der Waals surface area (Å²) in [7, 11) is 0. The molecule has 7 heteroatoms. The zero-order valence-electron chi connectivity index (χ0n) is 13.3. The first-order valence-electron chi connectivity index (χ1n) is 7.58. The topological polar surface area (TPSA) is 142 Å². The molecule has 0 amide bonds. The van der Waals surface area contributed by atoms with Crippen molar-refractivity contribution in [2.45, 2.75) is 5.92 Å². The van der Waals surface area contributed by atoms with Crippen molar-refractivity contribution in [2.24, 2.45) is 0 Å².